The fraction of sp³-hybridized carbons (Fsp3) is 0.450. The molecule has 2 aromatic rings. The van der Waals surface area contributed by atoms with Gasteiger partial charge < -0.3 is 5.11 Å². The van der Waals surface area contributed by atoms with Crippen LogP contribution in [0.15, 0.2) is 36.5 Å². The third-order valence-electron chi connectivity index (χ3n) is 5.87. The second kappa shape index (κ2) is 6.15. The van der Waals surface area contributed by atoms with E-state index in [1.165, 1.54) is 6.07 Å². The van der Waals surface area contributed by atoms with Gasteiger partial charge in [0, 0.05) is 37.3 Å². The lowest BCUT2D eigenvalue weighted by Crippen LogP contribution is -2.36. The van der Waals surface area contributed by atoms with Gasteiger partial charge >= 0.3 is 0 Å². The molecule has 4 rings (SSSR count). The summed E-state index contributed by atoms with van der Waals surface area (Å²) in [5.41, 5.74) is 1.21. The number of aryl methyl sites for hydroxylation is 1. The maximum absolute atomic E-state index is 14.0. The minimum Gasteiger partial charge on any atom is -0.383 e. The predicted octanol–water partition coefficient (Wildman–Crippen LogP) is 3.40. The summed E-state index contributed by atoms with van der Waals surface area (Å²) >= 11 is 0. The quantitative estimate of drug-likeness (QED) is 0.927. The van der Waals surface area contributed by atoms with Crippen LogP contribution in [-0.2, 0) is 12.1 Å². The number of likely N-dealkylation sites (tertiary alicyclic amines) is 1. The lowest BCUT2D eigenvalue weighted by atomic mass is 9.83. The highest BCUT2D eigenvalue weighted by Gasteiger charge is 2.53. The summed E-state index contributed by atoms with van der Waals surface area (Å²) in [7, 11) is 0. The summed E-state index contributed by atoms with van der Waals surface area (Å²) in [6, 6.07) is 8.16. The molecule has 0 amide bonds. The van der Waals surface area contributed by atoms with E-state index in [4.69, 9.17) is 0 Å². The van der Waals surface area contributed by atoms with Crippen molar-refractivity contribution in [2.24, 2.45) is 11.8 Å². The zero-order valence-corrected chi connectivity index (χ0v) is 14.3. The molecule has 132 valence electrons. The number of rotatable bonds is 3. The first-order chi connectivity index (χ1) is 12.0. The van der Waals surface area contributed by atoms with Crippen molar-refractivity contribution in [3.8, 4) is 0 Å². The highest BCUT2D eigenvalue weighted by atomic mass is 19.2. The second-order valence-electron chi connectivity index (χ2n) is 7.41. The zero-order chi connectivity index (χ0) is 17.6. The molecule has 1 aromatic carbocycles. The number of nitrogens with zero attached hydrogens (tertiary/aromatic N) is 2. The van der Waals surface area contributed by atoms with Crippen molar-refractivity contribution in [1.82, 2.24) is 9.88 Å². The van der Waals surface area contributed by atoms with Gasteiger partial charge in [0.2, 0.25) is 0 Å². The van der Waals surface area contributed by atoms with Crippen molar-refractivity contribution in [3.63, 3.8) is 0 Å². The van der Waals surface area contributed by atoms with E-state index in [0.29, 0.717) is 31.0 Å². The predicted molar refractivity (Wildman–Crippen MR) is 90.7 cm³/mol. The molecule has 2 aliphatic rings. The molecule has 3 atom stereocenters. The normalized spacial score (nSPS) is 29.1. The molecule has 0 bridgehead atoms. The summed E-state index contributed by atoms with van der Waals surface area (Å²) in [5, 5.41) is 11.4. The molecule has 2 fully saturated rings. The molecule has 0 radical (unpaired) electrons. The fourth-order valence-electron chi connectivity index (χ4n) is 4.66. The summed E-state index contributed by atoms with van der Waals surface area (Å²) in [6.07, 6.45) is 3.37. The minimum atomic E-state index is -0.925. The summed E-state index contributed by atoms with van der Waals surface area (Å²) < 4.78 is 27.4. The van der Waals surface area contributed by atoms with Crippen molar-refractivity contribution in [2.45, 2.75) is 31.9 Å². The largest absolute Gasteiger partial charge is 0.383 e. The summed E-state index contributed by atoms with van der Waals surface area (Å²) in [5.74, 6) is -1.13. The monoisotopic (exact) mass is 344 g/mol. The first-order valence-corrected chi connectivity index (χ1v) is 8.79. The van der Waals surface area contributed by atoms with Crippen molar-refractivity contribution in [3.05, 3.63) is 65.0 Å². The molecule has 2 heterocycles. The van der Waals surface area contributed by atoms with Gasteiger partial charge in [-0.05, 0) is 43.4 Å². The van der Waals surface area contributed by atoms with Gasteiger partial charge in [0.15, 0.2) is 11.6 Å². The van der Waals surface area contributed by atoms with Crippen LogP contribution in [0, 0.1) is 30.4 Å². The van der Waals surface area contributed by atoms with Crippen molar-refractivity contribution >= 4 is 0 Å². The Kier molecular flexibility index (Phi) is 4.08. The van der Waals surface area contributed by atoms with Crippen molar-refractivity contribution in [1.29, 1.82) is 0 Å². The van der Waals surface area contributed by atoms with Crippen LogP contribution in [0.4, 0.5) is 8.78 Å². The van der Waals surface area contributed by atoms with E-state index in [9.17, 15) is 13.9 Å². The number of halogens is 2. The van der Waals surface area contributed by atoms with Crippen LogP contribution in [0.3, 0.4) is 0 Å². The molecule has 25 heavy (non-hydrogen) atoms. The van der Waals surface area contributed by atoms with E-state index >= 15 is 0 Å². The number of hydrogen-bond donors (Lipinski definition) is 1. The van der Waals surface area contributed by atoms with Gasteiger partial charge in [-0.1, -0.05) is 18.2 Å². The van der Waals surface area contributed by atoms with Gasteiger partial charge in [0.05, 0.1) is 5.69 Å². The first-order valence-electron chi connectivity index (χ1n) is 8.79. The Bertz CT molecular complexity index is 797. The summed E-state index contributed by atoms with van der Waals surface area (Å²) in [4.78, 5) is 6.57. The lowest BCUT2D eigenvalue weighted by molar-refractivity contribution is -0.0114. The van der Waals surface area contributed by atoms with E-state index < -0.39 is 17.2 Å². The molecular formula is C20H22F2N2O. The number of aliphatic hydroxyl groups is 1. The third-order valence-corrected chi connectivity index (χ3v) is 5.87. The smallest absolute Gasteiger partial charge is 0.163 e. The van der Waals surface area contributed by atoms with Crippen molar-refractivity contribution in [2.75, 3.05) is 13.1 Å². The van der Waals surface area contributed by atoms with Gasteiger partial charge in [0.25, 0.3) is 0 Å². The van der Waals surface area contributed by atoms with Crippen molar-refractivity contribution < 1.29 is 13.9 Å². The molecule has 1 aliphatic carbocycles. The van der Waals surface area contributed by atoms with Crippen LogP contribution in [0.5, 0.6) is 0 Å². The Balaban J connectivity index is 1.55. The first kappa shape index (κ1) is 16.6. The molecule has 1 aliphatic heterocycles. The number of benzene rings is 1. The summed E-state index contributed by atoms with van der Waals surface area (Å²) in [6.45, 7) is 3.82. The highest BCUT2D eigenvalue weighted by molar-refractivity contribution is 5.28. The lowest BCUT2D eigenvalue weighted by Gasteiger charge is -2.31. The SMILES string of the molecule is Cc1cccnc1[C@]1(O)CC[C@H]2CN(Cc3cccc(F)c3F)C[C@H]21. The Hall–Kier alpha value is -1.85. The second-order valence-corrected chi connectivity index (χ2v) is 7.41. The Labute approximate surface area is 146 Å². The van der Waals surface area contributed by atoms with Gasteiger partial charge in [0.1, 0.15) is 5.60 Å². The fourth-order valence-corrected chi connectivity index (χ4v) is 4.66. The Morgan fingerprint density at radius 2 is 2.08 bits per heavy atom. The average molecular weight is 344 g/mol. The highest BCUT2D eigenvalue weighted by Crippen LogP contribution is 2.50. The van der Waals surface area contributed by atoms with E-state index in [0.717, 1.165) is 30.3 Å². The van der Waals surface area contributed by atoms with Crippen LogP contribution in [0.2, 0.25) is 0 Å². The molecule has 3 nitrogen and oxygen atoms in total. The topological polar surface area (TPSA) is 36.4 Å². The van der Waals surface area contributed by atoms with Crippen LogP contribution >= 0.6 is 0 Å². The maximum Gasteiger partial charge on any atom is 0.163 e. The molecule has 0 spiro atoms. The Morgan fingerprint density at radius 1 is 1.24 bits per heavy atom. The molecule has 1 N–H and O–H groups in total. The molecule has 1 saturated heterocycles. The van der Waals surface area contributed by atoms with E-state index in [1.807, 2.05) is 19.1 Å². The molecule has 5 heteroatoms. The van der Waals surface area contributed by atoms with Crippen LogP contribution in [0.1, 0.15) is 29.7 Å². The number of fused-ring (bicyclic) bond motifs is 1. The Morgan fingerprint density at radius 3 is 2.88 bits per heavy atom. The standard InChI is InChI=1S/C20H22F2N2O/c1-13-4-3-9-23-19(13)20(25)8-7-14-10-24(12-16(14)20)11-15-5-2-6-17(21)18(15)22/h2-6,9,14,16,25H,7-8,10-12H2,1H3/t14-,16+,20-/m0/s1. The van der Waals surface area contributed by atoms with E-state index in [-0.39, 0.29) is 5.92 Å². The zero-order valence-electron chi connectivity index (χ0n) is 14.3. The number of aromatic nitrogens is 1. The van der Waals surface area contributed by atoms with Gasteiger partial charge in [-0.25, -0.2) is 8.78 Å². The van der Waals surface area contributed by atoms with E-state index in [1.54, 1.807) is 12.3 Å². The van der Waals surface area contributed by atoms with Gasteiger partial charge in [-0.2, -0.15) is 0 Å². The van der Waals surface area contributed by atoms with Crippen LogP contribution in [0.25, 0.3) is 0 Å². The van der Waals surface area contributed by atoms with Gasteiger partial charge in [-0.3, -0.25) is 9.88 Å². The molecule has 1 saturated carbocycles. The third kappa shape index (κ3) is 2.75. The molecule has 0 unspecified atom stereocenters. The average Bonchev–Trinajstić information content (AvgIpc) is 3.13. The minimum absolute atomic E-state index is 0.0812. The van der Waals surface area contributed by atoms with E-state index in [2.05, 4.69) is 9.88 Å². The number of hydrogen-bond acceptors (Lipinski definition) is 3. The maximum atomic E-state index is 14.0. The molecular weight excluding hydrogens is 322 g/mol. The van der Waals surface area contributed by atoms with Crippen LogP contribution < -0.4 is 0 Å². The molecule has 1 aromatic heterocycles. The van der Waals surface area contributed by atoms with Gasteiger partial charge in [-0.15, -0.1) is 0 Å². The van der Waals surface area contributed by atoms with Crippen LogP contribution in [-0.4, -0.2) is 28.1 Å². The number of pyridine rings is 1.